The van der Waals surface area contributed by atoms with Gasteiger partial charge in [0.1, 0.15) is 15.8 Å². The summed E-state index contributed by atoms with van der Waals surface area (Å²) >= 11 is 3.44. The Morgan fingerprint density at radius 3 is 2.66 bits per heavy atom. The quantitative estimate of drug-likeness (QED) is 0.477. The van der Waals surface area contributed by atoms with E-state index in [-0.39, 0.29) is 21.9 Å². The van der Waals surface area contributed by atoms with Gasteiger partial charge in [0.2, 0.25) is 0 Å². The molecule has 0 amide bonds. The number of pyridine rings is 1. The minimum absolute atomic E-state index is 0.0616. The third kappa shape index (κ3) is 4.29. The van der Waals surface area contributed by atoms with Crippen LogP contribution in [-0.4, -0.2) is 41.6 Å². The molecule has 1 fully saturated rings. The Hall–Kier alpha value is -1.98. The molecule has 11 heteroatoms. The molecule has 0 saturated carbocycles. The van der Waals surface area contributed by atoms with Crippen molar-refractivity contribution in [2.24, 2.45) is 5.41 Å². The fraction of sp³-hybridized carbons (Fsp3) is 0.542. The van der Waals surface area contributed by atoms with Crippen molar-refractivity contribution in [3.8, 4) is 0 Å². The molecule has 2 aliphatic rings. The molecule has 1 saturated heterocycles. The van der Waals surface area contributed by atoms with E-state index in [0.717, 1.165) is 30.5 Å². The molecular formula is C24H29BrF2N6OS. The number of aromatic nitrogens is 4. The van der Waals surface area contributed by atoms with Gasteiger partial charge in [-0.05, 0) is 86.0 Å². The zero-order valence-corrected chi connectivity index (χ0v) is 22.6. The SMILES string of the molecule is Cc1nc(N2CCC3(CC2)Cc2ncccc2[C@H]3NS(=O)C(C)(C)C)c2cc(C(F)F)nn2c1Br. The smallest absolute Gasteiger partial charge is 0.282 e. The third-order valence-electron chi connectivity index (χ3n) is 7.15. The fourth-order valence-electron chi connectivity index (χ4n) is 5.19. The predicted molar refractivity (Wildman–Crippen MR) is 136 cm³/mol. The second-order valence-electron chi connectivity index (χ2n) is 10.5. The van der Waals surface area contributed by atoms with Crippen molar-refractivity contribution in [2.75, 3.05) is 18.0 Å². The maximum absolute atomic E-state index is 13.4. The lowest BCUT2D eigenvalue weighted by Gasteiger charge is -2.44. The summed E-state index contributed by atoms with van der Waals surface area (Å²) in [6.45, 7) is 9.15. The molecule has 0 radical (unpaired) electrons. The monoisotopic (exact) mass is 566 g/mol. The zero-order chi connectivity index (χ0) is 25.1. The second-order valence-corrected chi connectivity index (χ2v) is 13.2. The van der Waals surface area contributed by atoms with Crippen LogP contribution in [-0.2, 0) is 17.4 Å². The fourth-order valence-corrected chi connectivity index (χ4v) is 6.49. The number of aryl methyl sites for hydroxylation is 1. The molecule has 3 aromatic rings. The standard InChI is InChI=1S/C24H29BrF2N6OS/c1-14-20(25)33-18(12-16(30-33)21(26)27)22(29-14)32-10-7-24(8-11-32)13-17-15(6-5-9-28-17)19(24)31-35(34)23(2,3)4/h5-6,9,12,19,21,31H,7-8,10-11,13H2,1-4H3/t19-,35?/m1/s1. The summed E-state index contributed by atoms with van der Waals surface area (Å²) in [5.74, 6) is 0.663. The van der Waals surface area contributed by atoms with Crippen LogP contribution in [0.15, 0.2) is 29.0 Å². The van der Waals surface area contributed by atoms with Gasteiger partial charge in [0.05, 0.1) is 27.5 Å². The molecule has 4 heterocycles. The summed E-state index contributed by atoms with van der Waals surface area (Å²) < 4.78 is 45.1. The first-order chi connectivity index (χ1) is 16.5. The normalized spacial score (nSPS) is 20.7. The van der Waals surface area contributed by atoms with Gasteiger partial charge in [0.25, 0.3) is 6.43 Å². The number of rotatable bonds is 4. The summed E-state index contributed by atoms with van der Waals surface area (Å²) in [7, 11) is -1.22. The molecule has 1 aliphatic heterocycles. The van der Waals surface area contributed by atoms with E-state index < -0.39 is 17.4 Å². The predicted octanol–water partition coefficient (Wildman–Crippen LogP) is 5.07. The van der Waals surface area contributed by atoms with Crippen molar-refractivity contribution in [2.45, 2.75) is 64.2 Å². The van der Waals surface area contributed by atoms with E-state index in [4.69, 9.17) is 4.98 Å². The number of alkyl halides is 2. The van der Waals surface area contributed by atoms with Crippen molar-refractivity contribution in [1.29, 1.82) is 0 Å². The van der Waals surface area contributed by atoms with Gasteiger partial charge in [-0.2, -0.15) is 5.10 Å². The summed E-state index contributed by atoms with van der Waals surface area (Å²) in [5, 5.41) is 4.09. The maximum Gasteiger partial charge on any atom is 0.282 e. The Kier molecular flexibility index (Phi) is 6.24. The first-order valence-corrected chi connectivity index (χ1v) is 13.7. The van der Waals surface area contributed by atoms with Crippen LogP contribution in [0.4, 0.5) is 14.6 Å². The highest BCUT2D eigenvalue weighted by Crippen LogP contribution is 2.52. The molecule has 7 nitrogen and oxygen atoms in total. The zero-order valence-electron chi connectivity index (χ0n) is 20.2. The Balaban J connectivity index is 1.46. The number of fused-ring (bicyclic) bond motifs is 2. The van der Waals surface area contributed by atoms with Crippen LogP contribution in [0, 0.1) is 12.3 Å². The van der Waals surface area contributed by atoms with E-state index in [2.05, 4.69) is 41.7 Å². The van der Waals surface area contributed by atoms with Crippen LogP contribution >= 0.6 is 15.9 Å². The van der Waals surface area contributed by atoms with Gasteiger partial charge in [-0.3, -0.25) is 4.98 Å². The average molecular weight is 568 g/mol. The first kappa shape index (κ1) is 24.7. The Bertz CT molecular complexity index is 1300. The van der Waals surface area contributed by atoms with Crippen molar-refractivity contribution >= 4 is 38.3 Å². The summed E-state index contributed by atoms with van der Waals surface area (Å²) in [6, 6.07) is 5.39. The number of nitrogens with zero attached hydrogens (tertiary/aromatic N) is 5. The van der Waals surface area contributed by atoms with Crippen molar-refractivity contribution in [1.82, 2.24) is 24.3 Å². The van der Waals surface area contributed by atoms with Crippen LogP contribution in [0.1, 0.15) is 68.7 Å². The molecule has 1 N–H and O–H groups in total. The molecule has 188 valence electrons. The van der Waals surface area contributed by atoms with Gasteiger partial charge in [-0.1, -0.05) is 6.07 Å². The van der Waals surface area contributed by atoms with Crippen molar-refractivity contribution < 1.29 is 13.0 Å². The average Bonchev–Trinajstić information content (AvgIpc) is 3.37. The molecule has 3 aromatic heterocycles. The number of piperidine rings is 1. The van der Waals surface area contributed by atoms with E-state index in [1.54, 1.807) is 0 Å². The van der Waals surface area contributed by atoms with Gasteiger partial charge in [0, 0.05) is 25.0 Å². The van der Waals surface area contributed by atoms with E-state index >= 15 is 0 Å². The van der Waals surface area contributed by atoms with E-state index in [1.807, 2.05) is 40.0 Å². The molecule has 1 spiro atoms. The molecule has 1 unspecified atom stereocenters. The number of hydrogen-bond donors (Lipinski definition) is 1. The minimum Gasteiger partial charge on any atom is -0.355 e. The van der Waals surface area contributed by atoms with Crippen LogP contribution in [0.2, 0.25) is 0 Å². The topological polar surface area (TPSA) is 75.4 Å². The molecule has 0 aromatic carbocycles. The molecule has 2 atom stereocenters. The summed E-state index contributed by atoms with van der Waals surface area (Å²) in [5.41, 5.74) is 3.04. The molecule has 0 bridgehead atoms. The highest BCUT2D eigenvalue weighted by atomic mass is 79.9. The highest BCUT2D eigenvalue weighted by molar-refractivity contribution is 9.10. The van der Waals surface area contributed by atoms with E-state index in [9.17, 15) is 13.0 Å². The van der Waals surface area contributed by atoms with Gasteiger partial charge < -0.3 is 4.90 Å². The van der Waals surface area contributed by atoms with Gasteiger partial charge in [-0.25, -0.2) is 27.2 Å². The summed E-state index contributed by atoms with van der Waals surface area (Å²) in [4.78, 5) is 11.5. The van der Waals surface area contributed by atoms with E-state index in [1.165, 1.54) is 10.6 Å². The maximum atomic E-state index is 13.4. The second kappa shape index (κ2) is 8.85. The lowest BCUT2D eigenvalue weighted by atomic mass is 9.73. The van der Waals surface area contributed by atoms with Crippen molar-refractivity contribution in [3.05, 3.63) is 51.6 Å². The number of halogens is 3. The highest BCUT2D eigenvalue weighted by Gasteiger charge is 2.49. The van der Waals surface area contributed by atoms with Crippen LogP contribution in [0.5, 0.6) is 0 Å². The largest absolute Gasteiger partial charge is 0.355 e. The molecular weight excluding hydrogens is 538 g/mol. The Morgan fingerprint density at radius 1 is 1.29 bits per heavy atom. The van der Waals surface area contributed by atoms with Gasteiger partial charge >= 0.3 is 0 Å². The van der Waals surface area contributed by atoms with Crippen LogP contribution in [0.3, 0.4) is 0 Å². The van der Waals surface area contributed by atoms with Crippen molar-refractivity contribution in [3.63, 3.8) is 0 Å². The van der Waals surface area contributed by atoms with Gasteiger partial charge in [-0.15, -0.1) is 0 Å². The molecule has 1 aliphatic carbocycles. The summed E-state index contributed by atoms with van der Waals surface area (Å²) in [6.07, 6.45) is 1.65. The Morgan fingerprint density at radius 2 is 2.00 bits per heavy atom. The van der Waals surface area contributed by atoms with E-state index in [0.29, 0.717) is 34.7 Å². The minimum atomic E-state index is -2.65. The lowest BCUT2D eigenvalue weighted by molar-refractivity contribution is 0.145. The third-order valence-corrected chi connectivity index (χ3v) is 9.62. The van der Waals surface area contributed by atoms with Crippen LogP contribution in [0.25, 0.3) is 5.52 Å². The number of hydrogen-bond acceptors (Lipinski definition) is 5. The van der Waals surface area contributed by atoms with Crippen LogP contribution < -0.4 is 9.62 Å². The first-order valence-electron chi connectivity index (χ1n) is 11.7. The molecule has 5 rings (SSSR count). The number of anilines is 1. The van der Waals surface area contributed by atoms with Gasteiger partial charge in [0.15, 0.2) is 5.82 Å². The Labute approximate surface area is 214 Å². The lowest BCUT2D eigenvalue weighted by Crippen LogP contribution is -2.48. The number of nitrogens with one attached hydrogen (secondary N) is 1. The molecule has 35 heavy (non-hydrogen) atoms.